The number of nitrogens with two attached hydrogens (primary N) is 1. The first kappa shape index (κ1) is 11.9. The SMILES string of the molecule is CC(CN1CCOCC1)CS(N)(=O)=O. The van der Waals surface area contributed by atoms with E-state index in [1.54, 1.807) is 0 Å². The van der Waals surface area contributed by atoms with Gasteiger partial charge in [0.05, 0.1) is 19.0 Å². The van der Waals surface area contributed by atoms with Crippen molar-refractivity contribution in [3.05, 3.63) is 0 Å². The molecule has 0 bridgehead atoms. The van der Waals surface area contributed by atoms with E-state index < -0.39 is 10.0 Å². The van der Waals surface area contributed by atoms with Gasteiger partial charge in [-0.25, -0.2) is 13.6 Å². The third-order valence-corrected chi connectivity index (χ3v) is 3.22. The first-order chi connectivity index (χ1) is 6.47. The van der Waals surface area contributed by atoms with Crippen LogP contribution in [0.3, 0.4) is 0 Å². The van der Waals surface area contributed by atoms with Crippen LogP contribution < -0.4 is 5.14 Å². The van der Waals surface area contributed by atoms with Crippen molar-refractivity contribution in [2.45, 2.75) is 6.92 Å². The minimum absolute atomic E-state index is 0.0599. The smallest absolute Gasteiger partial charge is 0.209 e. The highest BCUT2D eigenvalue weighted by Gasteiger charge is 2.16. The van der Waals surface area contributed by atoms with Gasteiger partial charge in [0.25, 0.3) is 0 Å². The van der Waals surface area contributed by atoms with E-state index in [1.807, 2.05) is 6.92 Å². The van der Waals surface area contributed by atoms with Crippen LogP contribution in [0.2, 0.25) is 0 Å². The van der Waals surface area contributed by atoms with Gasteiger partial charge in [-0.3, -0.25) is 4.90 Å². The number of rotatable bonds is 4. The lowest BCUT2D eigenvalue weighted by Crippen LogP contribution is -2.40. The summed E-state index contributed by atoms with van der Waals surface area (Å²) in [5.74, 6) is 0.146. The lowest BCUT2D eigenvalue weighted by atomic mass is 10.2. The van der Waals surface area contributed by atoms with Crippen molar-refractivity contribution in [3.8, 4) is 0 Å². The van der Waals surface area contributed by atoms with Gasteiger partial charge in [-0.1, -0.05) is 6.92 Å². The minimum atomic E-state index is -3.33. The van der Waals surface area contributed by atoms with Gasteiger partial charge < -0.3 is 4.74 Å². The second-order valence-electron chi connectivity index (χ2n) is 3.85. The summed E-state index contributed by atoms with van der Waals surface area (Å²) in [7, 11) is -3.33. The third kappa shape index (κ3) is 4.90. The molecule has 6 heteroatoms. The van der Waals surface area contributed by atoms with Crippen LogP contribution >= 0.6 is 0 Å². The zero-order valence-electron chi connectivity index (χ0n) is 8.48. The molecule has 1 atom stereocenters. The molecule has 2 N–H and O–H groups in total. The molecule has 1 aliphatic rings. The van der Waals surface area contributed by atoms with E-state index in [0.717, 1.165) is 32.8 Å². The maximum Gasteiger partial charge on any atom is 0.209 e. The summed E-state index contributed by atoms with van der Waals surface area (Å²) in [6, 6.07) is 0. The van der Waals surface area contributed by atoms with Gasteiger partial charge in [0.15, 0.2) is 0 Å². The molecule has 0 aromatic rings. The predicted molar refractivity (Wildman–Crippen MR) is 54.4 cm³/mol. The molecule has 84 valence electrons. The molecule has 1 unspecified atom stereocenters. The summed E-state index contributed by atoms with van der Waals surface area (Å²) < 4.78 is 26.8. The second kappa shape index (κ2) is 5.06. The molecule has 0 radical (unpaired) electrons. The fourth-order valence-electron chi connectivity index (χ4n) is 1.67. The average molecular weight is 222 g/mol. The number of nitrogens with zero attached hydrogens (tertiary/aromatic N) is 1. The van der Waals surface area contributed by atoms with E-state index >= 15 is 0 Å². The summed E-state index contributed by atoms with van der Waals surface area (Å²) in [5, 5.41) is 4.97. The molecule has 0 aromatic carbocycles. The standard InChI is InChI=1S/C8H18N2O3S/c1-8(7-14(9,11)12)6-10-2-4-13-5-3-10/h8H,2-7H2,1H3,(H2,9,11,12). The van der Waals surface area contributed by atoms with Crippen LogP contribution in [0, 0.1) is 5.92 Å². The molecule has 0 aliphatic carbocycles. The first-order valence-electron chi connectivity index (χ1n) is 4.78. The highest BCUT2D eigenvalue weighted by Crippen LogP contribution is 2.04. The van der Waals surface area contributed by atoms with E-state index in [0.29, 0.717) is 0 Å². The van der Waals surface area contributed by atoms with Crippen LogP contribution in [0.4, 0.5) is 0 Å². The molecule has 1 rings (SSSR count). The van der Waals surface area contributed by atoms with Crippen molar-refractivity contribution >= 4 is 10.0 Å². The second-order valence-corrected chi connectivity index (χ2v) is 5.51. The van der Waals surface area contributed by atoms with Crippen LogP contribution in [0.1, 0.15) is 6.92 Å². The normalized spacial score (nSPS) is 22.1. The molecule has 0 saturated carbocycles. The van der Waals surface area contributed by atoms with Crippen molar-refractivity contribution < 1.29 is 13.2 Å². The maximum atomic E-state index is 10.8. The topological polar surface area (TPSA) is 72.6 Å². The number of morpholine rings is 1. The van der Waals surface area contributed by atoms with E-state index in [1.165, 1.54) is 0 Å². The Kier molecular flexibility index (Phi) is 4.31. The fourth-order valence-corrected chi connectivity index (χ4v) is 2.57. The molecule has 0 spiro atoms. The van der Waals surface area contributed by atoms with Gasteiger partial charge in [0, 0.05) is 19.6 Å². The number of primary sulfonamides is 1. The molecule has 0 aromatic heterocycles. The fraction of sp³-hybridized carbons (Fsp3) is 1.00. The summed E-state index contributed by atoms with van der Waals surface area (Å²) >= 11 is 0. The van der Waals surface area contributed by atoms with Gasteiger partial charge in [0.1, 0.15) is 0 Å². The number of sulfonamides is 1. The van der Waals surface area contributed by atoms with Crippen LogP contribution in [-0.4, -0.2) is 51.9 Å². The quantitative estimate of drug-likeness (QED) is 0.679. The largest absolute Gasteiger partial charge is 0.379 e. The van der Waals surface area contributed by atoms with Crippen molar-refractivity contribution in [3.63, 3.8) is 0 Å². The summed E-state index contributed by atoms with van der Waals surface area (Å²) in [6.07, 6.45) is 0. The van der Waals surface area contributed by atoms with Crippen molar-refractivity contribution in [1.29, 1.82) is 0 Å². The van der Waals surface area contributed by atoms with E-state index in [9.17, 15) is 8.42 Å². The van der Waals surface area contributed by atoms with Crippen LogP contribution in [0.25, 0.3) is 0 Å². The predicted octanol–water partition coefficient (Wildman–Crippen LogP) is -0.757. The van der Waals surface area contributed by atoms with Gasteiger partial charge in [0.2, 0.25) is 10.0 Å². The Morgan fingerprint density at radius 3 is 2.50 bits per heavy atom. The lowest BCUT2D eigenvalue weighted by Gasteiger charge is -2.28. The van der Waals surface area contributed by atoms with Crippen LogP contribution in [0.5, 0.6) is 0 Å². The van der Waals surface area contributed by atoms with Crippen molar-refractivity contribution in [1.82, 2.24) is 4.90 Å². The van der Waals surface area contributed by atoms with E-state index in [2.05, 4.69) is 4.90 Å². The monoisotopic (exact) mass is 222 g/mol. The van der Waals surface area contributed by atoms with Crippen molar-refractivity contribution in [2.75, 3.05) is 38.6 Å². The summed E-state index contributed by atoms with van der Waals surface area (Å²) in [4.78, 5) is 2.21. The Hall–Kier alpha value is -0.170. The third-order valence-electron chi connectivity index (χ3n) is 2.19. The number of hydrogen-bond acceptors (Lipinski definition) is 4. The van der Waals surface area contributed by atoms with Crippen LogP contribution in [0.15, 0.2) is 0 Å². The van der Waals surface area contributed by atoms with E-state index in [4.69, 9.17) is 9.88 Å². The molecule has 0 amide bonds. The molecule has 1 aliphatic heterocycles. The molecule has 1 fully saturated rings. The average Bonchev–Trinajstić information content (AvgIpc) is 2.02. The van der Waals surface area contributed by atoms with Gasteiger partial charge in [-0.05, 0) is 5.92 Å². The summed E-state index contributed by atoms with van der Waals surface area (Å²) in [5.41, 5.74) is 0. The molecule has 1 heterocycles. The molecule has 5 nitrogen and oxygen atoms in total. The zero-order chi connectivity index (χ0) is 10.6. The highest BCUT2D eigenvalue weighted by molar-refractivity contribution is 7.89. The Morgan fingerprint density at radius 1 is 1.43 bits per heavy atom. The maximum absolute atomic E-state index is 10.8. The Bertz CT molecular complexity index is 260. The number of ether oxygens (including phenoxy) is 1. The Morgan fingerprint density at radius 2 is 2.00 bits per heavy atom. The summed E-state index contributed by atoms with van der Waals surface area (Å²) in [6.45, 7) is 5.92. The van der Waals surface area contributed by atoms with Gasteiger partial charge in [-0.2, -0.15) is 0 Å². The van der Waals surface area contributed by atoms with Crippen LogP contribution in [-0.2, 0) is 14.8 Å². The van der Waals surface area contributed by atoms with Crippen molar-refractivity contribution in [2.24, 2.45) is 11.1 Å². The Balaban J connectivity index is 2.28. The minimum Gasteiger partial charge on any atom is -0.379 e. The molecule has 1 saturated heterocycles. The molecular formula is C8H18N2O3S. The Labute approximate surface area is 85.3 Å². The van der Waals surface area contributed by atoms with Gasteiger partial charge >= 0.3 is 0 Å². The van der Waals surface area contributed by atoms with Gasteiger partial charge in [-0.15, -0.1) is 0 Å². The first-order valence-corrected chi connectivity index (χ1v) is 6.49. The van der Waals surface area contributed by atoms with E-state index in [-0.39, 0.29) is 11.7 Å². The zero-order valence-corrected chi connectivity index (χ0v) is 9.29. The molecular weight excluding hydrogens is 204 g/mol. The number of hydrogen-bond donors (Lipinski definition) is 1. The molecule has 14 heavy (non-hydrogen) atoms. The highest BCUT2D eigenvalue weighted by atomic mass is 32.2. The lowest BCUT2D eigenvalue weighted by molar-refractivity contribution is 0.0330.